The van der Waals surface area contributed by atoms with Crippen LogP contribution in [0.3, 0.4) is 0 Å². The van der Waals surface area contributed by atoms with Gasteiger partial charge in [-0.3, -0.25) is 9.48 Å². The Labute approximate surface area is 152 Å². The van der Waals surface area contributed by atoms with Crippen LogP contribution < -0.4 is 10.3 Å². The molecule has 130 valence electrons. The second kappa shape index (κ2) is 6.06. The van der Waals surface area contributed by atoms with Crippen molar-refractivity contribution in [1.82, 2.24) is 24.7 Å². The first kappa shape index (κ1) is 15.3. The zero-order valence-corrected chi connectivity index (χ0v) is 14.6. The molecule has 0 amide bonds. The van der Waals surface area contributed by atoms with Gasteiger partial charge in [-0.1, -0.05) is 0 Å². The van der Waals surface area contributed by atoms with Crippen LogP contribution in [0.4, 0.5) is 0 Å². The summed E-state index contributed by atoms with van der Waals surface area (Å²) >= 11 is 1.43. The van der Waals surface area contributed by atoms with Gasteiger partial charge in [0.2, 0.25) is 0 Å². The van der Waals surface area contributed by atoms with Gasteiger partial charge < -0.3 is 9.72 Å². The number of aromatic amines is 1. The summed E-state index contributed by atoms with van der Waals surface area (Å²) in [5.41, 5.74) is 2.71. The molecule has 0 saturated carbocycles. The molecule has 4 aromatic heterocycles. The number of H-pyrrole nitrogens is 1. The molecule has 0 fully saturated rings. The number of nitrogens with one attached hydrogen (secondary N) is 1. The van der Waals surface area contributed by atoms with Gasteiger partial charge in [-0.05, 0) is 30.5 Å². The molecule has 0 spiro atoms. The van der Waals surface area contributed by atoms with Crippen LogP contribution in [-0.2, 0) is 13.0 Å². The molecular weight excluding hydrogens is 350 g/mol. The van der Waals surface area contributed by atoms with Crippen LogP contribution in [0.25, 0.3) is 20.7 Å². The van der Waals surface area contributed by atoms with E-state index in [1.165, 1.54) is 17.7 Å². The van der Waals surface area contributed by atoms with Crippen LogP contribution in [0.15, 0.2) is 41.8 Å². The van der Waals surface area contributed by atoms with Crippen molar-refractivity contribution in [2.45, 2.75) is 19.4 Å². The Kier molecular flexibility index (Phi) is 3.56. The van der Waals surface area contributed by atoms with E-state index in [0.717, 1.165) is 45.8 Å². The summed E-state index contributed by atoms with van der Waals surface area (Å²) in [5, 5.41) is 5.19. The fraction of sp³-hybridized carbons (Fsp3) is 0.222. The van der Waals surface area contributed by atoms with Crippen LogP contribution in [0.2, 0.25) is 0 Å². The molecule has 7 nitrogen and oxygen atoms in total. The summed E-state index contributed by atoms with van der Waals surface area (Å²) in [7, 11) is 0. The first-order valence-electron chi connectivity index (χ1n) is 8.38. The van der Waals surface area contributed by atoms with E-state index in [1.54, 1.807) is 12.4 Å². The minimum atomic E-state index is -0.0945. The largest absolute Gasteiger partial charge is 0.491 e. The third kappa shape index (κ3) is 2.41. The summed E-state index contributed by atoms with van der Waals surface area (Å²) in [4.78, 5) is 25.0. The molecule has 0 radical (unpaired) electrons. The molecule has 1 aliphatic rings. The van der Waals surface area contributed by atoms with Gasteiger partial charge in [-0.15, -0.1) is 11.3 Å². The molecule has 0 bridgehead atoms. The summed E-state index contributed by atoms with van der Waals surface area (Å²) in [5.74, 6) is 0.768. The van der Waals surface area contributed by atoms with Crippen molar-refractivity contribution in [3.8, 4) is 16.3 Å². The zero-order valence-electron chi connectivity index (χ0n) is 13.8. The summed E-state index contributed by atoms with van der Waals surface area (Å²) in [6, 6.07) is 3.72. The Morgan fingerprint density at radius 1 is 1.35 bits per heavy atom. The van der Waals surface area contributed by atoms with E-state index in [2.05, 4.69) is 20.1 Å². The lowest BCUT2D eigenvalue weighted by Crippen LogP contribution is -2.14. The number of nitrogens with zero attached hydrogens (tertiary/aromatic N) is 4. The van der Waals surface area contributed by atoms with Crippen LogP contribution >= 0.6 is 11.3 Å². The van der Waals surface area contributed by atoms with Crippen molar-refractivity contribution in [2.75, 3.05) is 6.61 Å². The average molecular weight is 365 g/mol. The fourth-order valence-electron chi connectivity index (χ4n) is 3.39. The fourth-order valence-corrected chi connectivity index (χ4v) is 4.54. The van der Waals surface area contributed by atoms with Gasteiger partial charge in [0.15, 0.2) is 0 Å². The molecule has 5 heterocycles. The second-order valence-electron chi connectivity index (χ2n) is 6.13. The van der Waals surface area contributed by atoms with Gasteiger partial charge in [0.1, 0.15) is 16.8 Å². The van der Waals surface area contributed by atoms with E-state index in [4.69, 9.17) is 4.74 Å². The first-order valence-corrected chi connectivity index (χ1v) is 9.20. The van der Waals surface area contributed by atoms with Crippen LogP contribution in [0, 0.1) is 0 Å². The van der Waals surface area contributed by atoms with Crippen molar-refractivity contribution in [3.63, 3.8) is 0 Å². The Balaban J connectivity index is 1.78. The van der Waals surface area contributed by atoms with Crippen molar-refractivity contribution < 1.29 is 4.74 Å². The van der Waals surface area contributed by atoms with Crippen LogP contribution in [0.5, 0.6) is 5.75 Å². The maximum Gasteiger partial charge on any atom is 0.266 e. The molecule has 1 N–H and O–H groups in total. The lowest BCUT2D eigenvalue weighted by Gasteiger charge is -2.09. The molecule has 0 atom stereocenters. The molecule has 8 heteroatoms. The van der Waals surface area contributed by atoms with Gasteiger partial charge in [0.05, 0.1) is 23.7 Å². The lowest BCUT2D eigenvalue weighted by atomic mass is 10.0. The third-order valence-electron chi connectivity index (χ3n) is 4.51. The van der Waals surface area contributed by atoms with Crippen molar-refractivity contribution in [1.29, 1.82) is 0 Å². The Morgan fingerprint density at radius 2 is 2.31 bits per heavy atom. The number of pyridine rings is 1. The Morgan fingerprint density at radius 3 is 3.12 bits per heavy atom. The van der Waals surface area contributed by atoms with Gasteiger partial charge in [-0.2, -0.15) is 5.10 Å². The molecule has 0 aliphatic carbocycles. The molecule has 1 aliphatic heterocycles. The lowest BCUT2D eigenvalue weighted by molar-refractivity contribution is 0.321. The SMILES string of the molecule is O=c1[nH]c(Cn2cccn2)c2c3c(c(-c4ccncn4)sc13)OCCC2. The van der Waals surface area contributed by atoms with Crippen LogP contribution in [-0.4, -0.2) is 31.3 Å². The monoisotopic (exact) mass is 365 g/mol. The smallest absolute Gasteiger partial charge is 0.266 e. The molecule has 4 aromatic rings. The van der Waals surface area contributed by atoms with Gasteiger partial charge >= 0.3 is 0 Å². The zero-order chi connectivity index (χ0) is 17.5. The number of thiophene rings is 1. The number of hydrogen-bond donors (Lipinski definition) is 1. The Bertz CT molecular complexity index is 1130. The quantitative estimate of drug-likeness (QED) is 0.603. The van der Waals surface area contributed by atoms with Gasteiger partial charge in [0, 0.05) is 29.7 Å². The standard InChI is InChI=1S/C18H15N5O2S/c24-18-17-14-11(13(22-18)9-23-7-2-5-21-23)3-1-8-25-15(14)16(26-17)12-4-6-19-10-20-12/h2,4-7,10H,1,3,8-9H2,(H,22,24). The van der Waals surface area contributed by atoms with Crippen LogP contribution in [0.1, 0.15) is 17.7 Å². The minimum absolute atomic E-state index is 0.0945. The molecular formula is C18H15N5O2S. The van der Waals surface area contributed by atoms with Gasteiger partial charge in [0.25, 0.3) is 5.56 Å². The predicted molar refractivity (Wildman–Crippen MR) is 98.6 cm³/mol. The summed E-state index contributed by atoms with van der Waals surface area (Å²) < 4.78 is 8.57. The minimum Gasteiger partial charge on any atom is -0.491 e. The topological polar surface area (TPSA) is 85.7 Å². The molecule has 26 heavy (non-hydrogen) atoms. The molecule has 0 saturated heterocycles. The second-order valence-corrected chi connectivity index (χ2v) is 7.15. The number of ether oxygens (including phenoxy) is 1. The van der Waals surface area contributed by atoms with Crippen molar-refractivity contribution >= 4 is 21.4 Å². The third-order valence-corrected chi connectivity index (χ3v) is 5.70. The number of aromatic nitrogens is 5. The van der Waals surface area contributed by atoms with Gasteiger partial charge in [-0.25, -0.2) is 9.97 Å². The highest BCUT2D eigenvalue weighted by Gasteiger charge is 2.25. The van der Waals surface area contributed by atoms with E-state index in [9.17, 15) is 4.79 Å². The highest BCUT2D eigenvalue weighted by molar-refractivity contribution is 7.22. The maximum atomic E-state index is 12.8. The highest BCUT2D eigenvalue weighted by atomic mass is 32.1. The van der Waals surface area contributed by atoms with E-state index in [1.807, 2.05) is 23.0 Å². The van der Waals surface area contributed by atoms with E-state index >= 15 is 0 Å². The average Bonchev–Trinajstić information content (AvgIpc) is 3.25. The Hall–Kier alpha value is -3.00. The molecule has 5 rings (SSSR count). The highest BCUT2D eigenvalue weighted by Crippen LogP contribution is 2.45. The maximum absolute atomic E-state index is 12.8. The van der Waals surface area contributed by atoms with E-state index in [0.29, 0.717) is 17.9 Å². The molecule has 0 aromatic carbocycles. The molecule has 0 unspecified atom stereocenters. The number of aryl methyl sites for hydroxylation is 1. The van der Waals surface area contributed by atoms with E-state index < -0.39 is 0 Å². The predicted octanol–water partition coefficient (Wildman–Crippen LogP) is 2.62. The van der Waals surface area contributed by atoms with E-state index in [-0.39, 0.29) is 5.56 Å². The van der Waals surface area contributed by atoms with Crippen molar-refractivity contribution in [2.24, 2.45) is 0 Å². The summed E-state index contributed by atoms with van der Waals surface area (Å²) in [6.07, 6.45) is 8.60. The normalized spacial score (nSPS) is 13.5. The summed E-state index contributed by atoms with van der Waals surface area (Å²) in [6.45, 7) is 1.15. The van der Waals surface area contributed by atoms with Crippen molar-refractivity contribution in [3.05, 3.63) is 58.7 Å². The number of rotatable bonds is 3. The number of hydrogen-bond acceptors (Lipinski definition) is 6. The first-order chi connectivity index (χ1) is 12.8.